The van der Waals surface area contributed by atoms with Gasteiger partial charge in [-0.3, -0.25) is 4.29 Å². The van der Waals surface area contributed by atoms with Crippen molar-refractivity contribution in [1.82, 2.24) is 5.32 Å². The Kier molecular flexibility index (Phi) is 15.9. The van der Waals surface area contributed by atoms with Gasteiger partial charge in [0.15, 0.2) is 0 Å². The summed E-state index contributed by atoms with van der Waals surface area (Å²) in [7, 11) is 0. The van der Waals surface area contributed by atoms with Crippen LogP contribution in [0.25, 0.3) is 0 Å². The van der Waals surface area contributed by atoms with Crippen molar-refractivity contribution >= 4 is 18.0 Å². The molecule has 120 valence electrons. The topological polar surface area (TPSA) is 101 Å². The maximum Gasteiger partial charge on any atom is 0.407 e. The van der Waals surface area contributed by atoms with Gasteiger partial charge in [-0.15, -0.1) is 0 Å². The molecule has 20 heavy (non-hydrogen) atoms. The number of halogens is 1. The molecule has 0 spiro atoms. The van der Waals surface area contributed by atoms with Crippen molar-refractivity contribution < 1.29 is 28.0 Å². The summed E-state index contributed by atoms with van der Waals surface area (Å²) in [5.74, 6) is 0. The minimum Gasteiger partial charge on any atom is -0.447 e. The van der Waals surface area contributed by atoms with Crippen LogP contribution in [0, 0.1) is 0 Å². The first kappa shape index (κ1) is 19.4. The minimum absolute atomic E-state index is 0.184. The number of nitrogens with one attached hydrogen (secondary N) is 1. The monoisotopic (exact) mass is 314 g/mol. The predicted molar refractivity (Wildman–Crippen MR) is 72.7 cm³/mol. The minimum atomic E-state index is -0.509. The summed E-state index contributed by atoms with van der Waals surface area (Å²) in [6.45, 7) is 3.84. The fourth-order valence-corrected chi connectivity index (χ4v) is 1.13. The summed E-state index contributed by atoms with van der Waals surface area (Å²) in [6, 6.07) is 0. The summed E-state index contributed by atoms with van der Waals surface area (Å²) in [5.41, 5.74) is 5.25. The second kappa shape index (κ2) is 16.4. The summed E-state index contributed by atoms with van der Waals surface area (Å²) in [5, 5.41) is 2.52. The average Bonchev–Trinajstić information content (AvgIpc) is 2.45. The van der Waals surface area contributed by atoms with Gasteiger partial charge in [0, 0.05) is 13.1 Å². The SMILES string of the molecule is NCCOCCOCCOC(=O)NCCOCCOCl. The van der Waals surface area contributed by atoms with Crippen molar-refractivity contribution in [3.63, 3.8) is 0 Å². The van der Waals surface area contributed by atoms with Gasteiger partial charge < -0.3 is 30.0 Å². The first-order valence-corrected chi connectivity index (χ1v) is 6.69. The summed E-state index contributed by atoms with van der Waals surface area (Å²) in [4.78, 5) is 11.2. The Hall–Kier alpha value is -0.640. The van der Waals surface area contributed by atoms with Gasteiger partial charge in [-0.25, -0.2) is 4.79 Å². The van der Waals surface area contributed by atoms with E-state index in [1.165, 1.54) is 0 Å². The van der Waals surface area contributed by atoms with Crippen LogP contribution < -0.4 is 11.1 Å². The fourth-order valence-electron chi connectivity index (χ4n) is 1.07. The Bertz CT molecular complexity index is 223. The first-order chi connectivity index (χ1) is 9.81. The van der Waals surface area contributed by atoms with Crippen molar-refractivity contribution in [2.75, 3.05) is 65.9 Å². The summed E-state index contributed by atoms with van der Waals surface area (Å²) in [6.07, 6.45) is -0.509. The van der Waals surface area contributed by atoms with E-state index in [-0.39, 0.29) is 6.61 Å². The zero-order chi connectivity index (χ0) is 14.9. The highest BCUT2D eigenvalue weighted by atomic mass is 35.5. The number of carbonyl (C=O) groups excluding carboxylic acids is 1. The van der Waals surface area contributed by atoms with Crippen LogP contribution in [0.5, 0.6) is 0 Å². The molecule has 0 radical (unpaired) electrons. The van der Waals surface area contributed by atoms with Crippen molar-refractivity contribution in [2.45, 2.75) is 0 Å². The van der Waals surface area contributed by atoms with Crippen LogP contribution in [0.1, 0.15) is 0 Å². The molecule has 0 atom stereocenters. The van der Waals surface area contributed by atoms with Crippen LogP contribution in [0.4, 0.5) is 4.79 Å². The third-order valence-electron chi connectivity index (χ3n) is 1.92. The van der Waals surface area contributed by atoms with E-state index in [0.29, 0.717) is 59.3 Å². The predicted octanol–water partition coefficient (Wildman–Crippen LogP) is -0.108. The third-order valence-corrected chi connectivity index (χ3v) is 2.07. The molecular weight excluding hydrogens is 292 g/mol. The average molecular weight is 315 g/mol. The zero-order valence-electron chi connectivity index (χ0n) is 11.5. The summed E-state index contributed by atoms with van der Waals surface area (Å²) < 4.78 is 24.5. The van der Waals surface area contributed by atoms with Gasteiger partial charge in [0.2, 0.25) is 0 Å². The van der Waals surface area contributed by atoms with Crippen molar-refractivity contribution in [3.05, 3.63) is 0 Å². The molecular formula is C11H23ClN2O6. The van der Waals surface area contributed by atoms with Gasteiger partial charge in [-0.05, 0) is 0 Å². The number of nitrogens with two attached hydrogens (primary N) is 1. The molecule has 0 heterocycles. The lowest BCUT2D eigenvalue weighted by Gasteiger charge is -2.08. The zero-order valence-corrected chi connectivity index (χ0v) is 12.2. The van der Waals surface area contributed by atoms with E-state index >= 15 is 0 Å². The number of hydrogen-bond acceptors (Lipinski definition) is 7. The highest BCUT2D eigenvalue weighted by Crippen LogP contribution is 1.83. The molecule has 0 aliphatic carbocycles. The highest BCUT2D eigenvalue weighted by Gasteiger charge is 2.00. The first-order valence-electron chi connectivity index (χ1n) is 6.38. The molecule has 0 aromatic rings. The molecule has 0 aromatic carbocycles. The lowest BCUT2D eigenvalue weighted by Crippen LogP contribution is -2.29. The van der Waals surface area contributed by atoms with Crippen LogP contribution in [-0.4, -0.2) is 72.0 Å². The maximum absolute atomic E-state index is 11.2. The second-order valence-electron chi connectivity index (χ2n) is 3.50. The van der Waals surface area contributed by atoms with E-state index < -0.39 is 6.09 Å². The van der Waals surface area contributed by atoms with Gasteiger partial charge >= 0.3 is 6.09 Å². The molecule has 1 amide bonds. The molecule has 0 unspecified atom stereocenters. The van der Waals surface area contributed by atoms with E-state index in [4.69, 9.17) is 36.5 Å². The fraction of sp³-hybridized carbons (Fsp3) is 0.909. The molecule has 3 N–H and O–H groups in total. The molecule has 0 aliphatic heterocycles. The normalized spacial score (nSPS) is 10.5. The van der Waals surface area contributed by atoms with Crippen molar-refractivity contribution in [2.24, 2.45) is 5.73 Å². The van der Waals surface area contributed by atoms with Gasteiger partial charge in [-0.2, -0.15) is 0 Å². The maximum atomic E-state index is 11.2. The Morgan fingerprint density at radius 2 is 1.50 bits per heavy atom. The number of alkyl carbamates (subject to hydrolysis) is 1. The molecule has 0 rings (SSSR count). The smallest absolute Gasteiger partial charge is 0.407 e. The molecule has 0 saturated carbocycles. The number of amides is 1. The number of rotatable bonds is 14. The van der Waals surface area contributed by atoms with Crippen LogP contribution in [0.15, 0.2) is 0 Å². The van der Waals surface area contributed by atoms with Gasteiger partial charge in [0.1, 0.15) is 6.61 Å². The Morgan fingerprint density at radius 3 is 2.20 bits per heavy atom. The molecule has 0 aromatic heterocycles. The number of carbonyl (C=O) groups is 1. The summed E-state index contributed by atoms with van der Waals surface area (Å²) >= 11 is 4.99. The highest BCUT2D eigenvalue weighted by molar-refractivity contribution is 6.07. The lowest BCUT2D eigenvalue weighted by atomic mass is 10.6. The molecule has 9 heteroatoms. The molecule has 8 nitrogen and oxygen atoms in total. The van der Waals surface area contributed by atoms with E-state index in [1.807, 2.05) is 0 Å². The largest absolute Gasteiger partial charge is 0.447 e. The van der Waals surface area contributed by atoms with Crippen LogP contribution in [0.3, 0.4) is 0 Å². The van der Waals surface area contributed by atoms with Crippen LogP contribution in [-0.2, 0) is 23.2 Å². The van der Waals surface area contributed by atoms with Crippen LogP contribution >= 0.6 is 11.9 Å². The van der Waals surface area contributed by atoms with E-state index in [0.717, 1.165) is 0 Å². The van der Waals surface area contributed by atoms with Gasteiger partial charge in [-0.1, -0.05) is 0 Å². The van der Waals surface area contributed by atoms with E-state index in [1.54, 1.807) is 0 Å². The second-order valence-corrected chi connectivity index (χ2v) is 3.72. The quantitative estimate of drug-likeness (QED) is 0.431. The third kappa shape index (κ3) is 15.4. The van der Waals surface area contributed by atoms with Gasteiger partial charge in [0.25, 0.3) is 0 Å². The van der Waals surface area contributed by atoms with Gasteiger partial charge in [0.05, 0.1) is 58.1 Å². The number of ether oxygens (including phenoxy) is 4. The molecule has 0 bridgehead atoms. The molecule has 0 aliphatic rings. The van der Waals surface area contributed by atoms with Crippen molar-refractivity contribution in [1.29, 1.82) is 0 Å². The lowest BCUT2D eigenvalue weighted by molar-refractivity contribution is 0.0296. The van der Waals surface area contributed by atoms with E-state index in [9.17, 15) is 4.79 Å². The Labute approximate surface area is 123 Å². The standard InChI is InChI=1S/C11H23ClN2O6/c12-20-10-8-17-4-2-14-11(15)19-9-7-18-6-5-16-3-1-13/h1-10,13H2,(H,14,15). The molecule has 0 fully saturated rings. The van der Waals surface area contributed by atoms with Crippen molar-refractivity contribution in [3.8, 4) is 0 Å². The van der Waals surface area contributed by atoms with E-state index in [2.05, 4.69) is 9.61 Å². The molecule has 0 saturated heterocycles. The Balaban J connectivity index is 3.12. The number of hydrogen-bond donors (Lipinski definition) is 2. The Morgan fingerprint density at radius 1 is 0.900 bits per heavy atom. The van der Waals surface area contributed by atoms with Crippen LogP contribution in [0.2, 0.25) is 0 Å².